The van der Waals surface area contributed by atoms with Gasteiger partial charge in [0.25, 0.3) is 0 Å². The van der Waals surface area contributed by atoms with Gasteiger partial charge in [-0.15, -0.1) is 0 Å². The number of likely N-dealkylation sites (tertiary alicyclic amines) is 1. The topological polar surface area (TPSA) is 66.8 Å². The highest BCUT2D eigenvalue weighted by molar-refractivity contribution is 5.76. The van der Waals surface area contributed by atoms with Crippen molar-refractivity contribution in [3.8, 4) is 0 Å². The number of hydrogen-bond donors (Lipinski definition) is 1. The van der Waals surface area contributed by atoms with Crippen molar-refractivity contribution in [1.82, 2.24) is 4.90 Å². The van der Waals surface area contributed by atoms with Crippen LogP contribution in [0.1, 0.15) is 51.4 Å². The number of rotatable bonds is 5. The zero-order valence-electron chi connectivity index (χ0n) is 12.1. The van der Waals surface area contributed by atoms with Gasteiger partial charge in [0.05, 0.1) is 6.10 Å². The first-order chi connectivity index (χ1) is 9.65. The molecule has 0 spiro atoms. The van der Waals surface area contributed by atoms with Gasteiger partial charge in [-0.2, -0.15) is 0 Å². The minimum Gasteiger partial charge on any atom is -0.481 e. The van der Waals surface area contributed by atoms with Gasteiger partial charge in [0.1, 0.15) is 0 Å². The van der Waals surface area contributed by atoms with E-state index >= 15 is 0 Å². The van der Waals surface area contributed by atoms with Crippen molar-refractivity contribution in [2.45, 2.75) is 57.5 Å². The first-order valence-electron chi connectivity index (χ1n) is 7.76. The average Bonchev–Trinajstić information content (AvgIpc) is 2.45. The Hall–Kier alpha value is -1.10. The van der Waals surface area contributed by atoms with Crippen LogP contribution in [0.2, 0.25) is 0 Å². The Bertz CT molecular complexity index is 339. The van der Waals surface area contributed by atoms with Gasteiger partial charge in [-0.25, -0.2) is 0 Å². The Kier molecular flexibility index (Phi) is 5.83. The molecular formula is C15H25NO4. The van der Waals surface area contributed by atoms with Crippen LogP contribution >= 0.6 is 0 Å². The number of carboxylic acids is 1. The number of carboxylic acid groups (broad SMARTS) is 1. The molecule has 2 aliphatic rings. The van der Waals surface area contributed by atoms with Crippen molar-refractivity contribution in [3.63, 3.8) is 0 Å². The number of ether oxygens (including phenoxy) is 1. The van der Waals surface area contributed by atoms with E-state index in [1.54, 1.807) is 0 Å². The molecule has 0 radical (unpaired) electrons. The molecule has 20 heavy (non-hydrogen) atoms. The summed E-state index contributed by atoms with van der Waals surface area (Å²) in [4.78, 5) is 24.8. The lowest BCUT2D eigenvalue weighted by molar-refractivity contribution is -0.141. The highest BCUT2D eigenvalue weighted by Crippen LogP contribution is 2.22. The van der Waals surface area contributed by atoms with Crippen molar-refractivity contribution < 1.29 is 19.4 Å². The van der Waals surface area contributed by atoms with Gasteiger partial charge < -0.3 is 14.7 Å². The lowest BCUT2D eigenvalue weighted by Crippen LogP contribution is -2.40. The molecule has 0 saturated carbocycles. The van der Waals surface area contributed by atoms with Crippen molar-refractivity contribution in [2.24, 2.45) is 5.92 Å². The number of aliphatic carboxylic acids is 1. The summed E-state index contributed by atoms with van der Waals surface area (Å²) < 4.78 is 5.64. The maximum absolute atomic E-state index is 12.2. The molecule has 5 nitrogen and oxygen atoms in total. The number of carbonyl (C=O) groups excluding carboxylic acids is 1. The molecule has 0 aliphatic carbocycles. The summed E-state index contributed by atoms with van der Waals surface area (Å²) in [5.74, 6) is -0.481. The fraction of sp³-hybridized carbons (Fsp3) is 0.867. The zero-order chi connectivity index (χ0) is 14.4. The van der Waals surface area contributed by atoms with E-state index in [9.17, 15) is 9.59 Å². The summed E-state index contributed by atoms with van der Waals surface area (Å²) in [6.07, 6.45) is 6.99. The van der Waals surface area contributed by atoms with E-state index in [0.29, 0.717) is 13.0 Å². The first kappa shape index (κ1) is 15.3. The van der Waals surface area contributed by atoms with E-state index in [1.165, 1.54) is 6.42 Å². The van der Waals surface area contributed by atoms with Crippen molar-refractivity contribution >= 4 is 11.9 Å². The number of carbonyl (C=O) groups is 2. The fourth-order valence-corrected chi connectivity index (χ4v) is 3.18. The minimum atomic E-state index is -0.764. The maximum Gasteiger partial charge on any atom is 0.303 e. The molecule has 2 saturated heterocycles. The van der Waals surface area contributed by atoms with Gasteiger partial charge in [0, 0.05) is 32.5 Å². The summed E-state index contributed by atoms with van der Waals surface area (Å²) >= 11 is 0. The molecule has 0 aromatic carbocycles. The zero-order valence-corrected chi connectivity index (χ0v) is 12.1. The van der Waals surface area contributed by atoms with Crippen LogP contribution in [-0.4, -0.2) is 47.7 Å². The third-order valence-electron chi connectivity index (χ3n) is 4.29. The molecular weight excluding hydrogens is 258 g/mol. The molecule has 2 fully saturated rings. The monoisotopic (exact) mass is 283 g/mol. The van der Waals surface area contributed by atoms with Crippen LogP contribution in [0.4, 0.5) is 0 Å². The van der Waals surface area contributed by atoms with Crippen LogP contribution in [0.3, 0.4) is 0 Å². The van der Waals surface area contributed by atoms with Crippen molar-refractivity contribution in [2.75, 3.05) is 19.7 Å². The second-order valence-electron chi connectivity index (χ2n) is 5.97. The Morgan fingerprint density at radius 2 is 2.05 bits per heavy atom. The molecule has 2 heterocycles. The molecule has 0 bridgehead atoms. The lowest BCUT2D eigenvalue weighted by Gasteiger charge is -2.32. The predicted molar refractivity (Wildman–Crippen MR) is 74.4 cm³/mol. The van der Waals surface area contributed by atoms with Crippen molar-refractivity contribution in [3.05, 3.63) is 0 Å². The molecule has 1 N–H and O–H groups in total. The van der Waals surface area contributed by atoms with Gasteiger partial charge in [-0.1, -0.05) is 0 Å². The van der Waals surface area contributed by atoms with Crippen molar-refractivity contribution in [1.29, 1.82) is 0 Å². The number of piperidine rings is 1. The standard InChI is InChI=1S/C15H25NO4/c17-14(7-6-13-5-1-2-9-20-13)16-8-3-4-12(11-16)10-15(18)19/h12-13H,1-11H2,(H,18,19). The second kappa shape index (κ2) is 7.62. The van der Waals surface area contributed by atoms with Crippen LogP contribution in [0.5, 0.6) is 0 Å². The SMILES string of the molecule is O=C(O)CC1CCCN(C(=O)CCC2CCCCO2)C1. The fourth-order valence-electron chi connectivity index (χ4n) is 3.18. The molecule has 2 atom stereocenters. The third kappa shape index (κ3) is 4.78. The van der Waals surface area contributed by atoms with Gasteiger partial charge in [0.2, 0.25) is 5.91 Å². The smallest absolute Gasteiger partial charge is 0.303 e. The summed E-state index contributed by atoms with van der Waals surface area (Å²) in [5, 5.41) is 8.84. The van der Waals surface area contributed by atoms with Gasteiger partial charge >= 0.3 is 5.97 Å². The molecule has 5 heteroatoms. The molecule has 2 unspecified atom stereocenters. The van der Waals surface area contributed by atoms with Crippen LogP contribution in [0.15, 0.2) is 0 Å². The Labute approximate surface area is 120 Å². The van der Waals surface area contributed by atoms with Crippen LogP contribution in [0.25, 0.3) is 0 Å². The predicted octanol–water partition coefficient (Wildman–Crippen LogP) is 2.05. The minimum absolute atomic E-state index is 0.121. The summed E-state index contributed by atoms with van der Waals surface area (Å²) in [6.45, 7) is 2.21. The van der Waals surface area contributed by atoms with Gasteiger partial charge in [0.15, 0.2) is 0 Å². The Morgan fingerprint density at radius 1 is 1.20 bits per heavy atom. The molecule has 2 aliphatic heterocycles. The molecule has 1 amide bonds. The molecule has 2 rings (SSSR count). The molecule has 0 aromatic heterocycles. The largest absolute Gasteiger partial charge is 0.481 e. The Morgan fingerprint density at radius 3 is 2.75 bits per heavy atom. The van der Waals surface area contributed by atoms with Crippen LogP contribution in [0, 0.1) is 5.92 Å². The summed E-state index contributed by atoms with van der Waals surface area (Å²) in [5.41, 5.74) is 0. The molecule has 0 aromatic rings. The van der Waals surface area contributed by atoms with E-state index in [-0.39, 0.29) is 24.3 Å². The average molecular weight is 283 g/mol. The van der Waals surface area contributed by atoms with E-state index in [4.69, 9.17) is 9.84 Å². The van der Waals surface area contributed by atoms with E-state index in [0.717, 1.165) is 45.3 Å². The maximum atomic E-state index is 12.2. The summed E-state index contributed by atoms with van der Waals surface area (Å²) in [6, 6.07) is 0. The van der Waals surface area contributed by atoms with Crippen LogP contribution < -0.4 is 0 Å². The number of hydrogen-bond acceptors (Lipinski definition) is 3. The lowest BCUT2D eigenvalue weighted by atomic mass is 9.94. The highest BCUT2D eigenvalue weighted by atomic mass is 16.5. The molecule has 114 valence electrons. The Balaban J connectivity index is 1.72. The van der Waals surface area contributed by atoms with E-state index < -0.39 is 5.97 Å². The van der Waals surface area contributed by atoms with Gasteiger partial charge in [-0.3, -0.25) is 9.59 Å². The summed E-state index contributed by atoms with van der Waals surface area (Å²) in [7, 11) is 0. The van der Waals surface area contributed by atoms with Gasteiger partial charge in [-0.05, 0) is 44.4 Å². The van der Waals surface area contributed by atoms with E-state index in [1.807, 2.05) is 4.90 Å². The normalized spacial score (nSPS) is 27.3. The third-order valence-corrected chi connectivity index (χ3v) is 4.29. The van der Waals surface area contributed by atoms with Crippen LogP contribution in [-0.2, 0) is 14.3 Å². The first-order valence-corrected chi connectivity index (χ1v) is 7.76. The number of amides is 1. The second-order valence-corrected chi connectivity index (χ2v) is 5.97. The quantitative estimate of drug-likeness (QED) is 0.838. The number of nitrogens with zero attached hydrogens (tertiary/aromatic N) is 1. The van der Waals surface area contributed by atoms with E-state index in [2.05, 4.69) is 0 Å². The highest BCUT2D eigenvalue weighted by Gasteiger charge is 2.25.